The second-order valence-corrected chi connectivity index (χ2v) is 6.40. The first-order valence-electron chi connectivity index (χ1n) is 7.44. The van der Waals surface area contributed by atoms with Crippen molar-refractivity contribution in [3.05, 3.63) is 51.9 Å². The van der Waals surface area contributed by atoms with Crippen molar-refractivity contribution in [3.63, 3.8) is 0 Å². The molecule has 0 saturated carbocycles. The van der Waals surface area contributed by atoms with Crippen LogP contribution in [0.1, 0.15) is 50.2 Å². The summed E-state index contributed by atoms with van der Waals surface area (Å²) in [6, 6.07) is 10.4. The molecule has 0 atom stereocenters. The molecule has 0 fully saturated rings. The molecule has 3 nitrogen and oxygen atoms in total. The molecule has 0 bridgehead atoms. The average molecular weight is 348 g/mol. The molecule has 0 radical (unpaired) electrons. The highest BCUT2D eigenvalue weighted by atomic mass is 79.9. The van der Waals surface area contributed by atoms with Gasteiger partial charge in [-0.2, -0.15) is 0 Å². The molecular weight excluding hydrogens is 326 g/mol. The van der Waals surface area contributed by atoms with Crippen molar-refractivity contribution in [2.75, 3.05) is 11.9 Å². The summed E-state index contributed by atoms with van der Waals surface area (Å²) < 4.78 is 1.09. The van der Waals surface area contributed by atoms with Crippen LogP contribution >= 0.6 is 15.9 Å². The van der Waals surface area contributed by atoms with Gasteiger partial charge in [0.15, 0.2) is 0 Å². The number of hydrogen-bond acceptors (Lipinski definition) is 3. The molecule has 1 N–H and O–H groups in total. The fourth-order valence-corrected chi connectivity index (χ4v) is 2.51. The number of nitrogens with one attached hydrogen (secondary N) is 1. The first-order valence-corrected chi connectivity index (χ1v) is 8.24. The molecule has 2 aromatic rings. The molecule has 0 unspecified atom stereocenters. The van der Waals surface area contributed by atoms with E-state index < -0.39 is 0 Å². The molecule has 1 aromatic carbocycles. The van der Waals surface area contributed by atoms with Crippen LogP contribution in [0.25, 0.3) is 0 Å². The first-order chi connectivity index (χ1) is 10.1. The molecule has 4 heteroatoms. The summed E-state index contributed by atoms with van der Waals surface area (Å²) in [5.74, 6) is 2.20. The predicted octanol–water partition coefficient (Wildman–Crippen LogP) is 4.78. The Hall–Kier alpha value is -1.42. The minimum absolute atomic E-state index is 0.399. The number of anilines is 1. The number of aromatic nitrogens is 2. The van der Waals surface area contributed by atoms with E-state index in [1.807, 2.05) is 12.1 Å². The van der Waals surface area contributed by atoms with Crippen LogP contribution in [0, 0.1) is 0 Å². The Morgan fingerprint density at radius 1 is 1.19 bits per heavy atom. The lowest BCUT2D eigenvalue weighted by molar-refractivity contribution is 0.790. The number of rotatable bonds is 6. The Bertz CT molecular complexity index is 596. The summed E-state index contributed by atoms with van der Waals surface area (Å²) >= 11 is 3.51. The van der Waals surface area contributed by atoms with Gasteiger partial charge in [0.1, 0.15) is 11.6 Å². The molecule has 21 heavy (non-hydrogen) atoms. The Kier molecular flexibility index (Phi) is 5.74. The number of hydrogen-bond donors (Lipinski definition) is 1. The van der Waals surface area contributed by atoms with Crippen LogP contribution < -0.4 is 5.32 Å². The third kappa shape index (κ3) is 4.81. The van der Waals surface area contributed by atoms with Gasteiger partial charge in [-0.1, -0.05) is 48.8 Å². The van der Waals surface area contributed by atoms with Gasteiger partial charge in [-0.25, -0.2) is 9.97 Å². The van der Waals surface area contributed by atoms with Crippen LogP contribution in [0.15, 0.2) is 34.8 Å². The monoisotopic (exact) mass is 347 g/mol. The largest absolute Gasteiger partial charge is 0.370 e. The molecule has 0 amide bonds. The van der Waals surface area contributed by atoms with Gasteiger partial charge in [-0.05, 0) is 30.0 Å². The topological polar surface area (TPSA) is 37.8 Å². The fraction of sp³-hybridized carbons (Fsp3) is 0.412. The smallest absolute Gasteiger partial charge is 0.135 e. The van der Waals surface area contributed by atoms with Gasteiger partial charge in [0.2, 0.25) is 0 Å². The second-order valence-electron chi connectivity index (χ2n) is 5.48. The van der Waals surface area contributed by atoms with E-state index in [0.29, 0.717) is 5.92 Å². The van der Waals surface area contributed by atoms with E-state index in [-0.39, 0.29) is 0 Å². The molecular formula is C17H22BrN3. The minimum atomic E-state index is 0.399. The van der Waals surface area contributed by atoms with Crippen LogP contribution in [0.4, 0.5) is 5.82 Å². The van der Waals surface area contributed by atoms with Gasteiger partial charge in [0.25, 0.3) is 0 Å². The highest BCUT2D eigenvalue weighted by Crippen LogP contribution is 2.18. The minimum Gasteiger partial charge on any atom is -0.370 e. The van der Waals surface area contributed by atoms with E-state index in [1.165, 1.54) is 5.56 Å². The van der Waals surface area contributed by atoms with Crippen molar-refractivity contribution in [3.8, 4) is 0 Å². The summed E-state index contributed by atoms with van der Waals surface area (Å²) in [6.07, 6.45) is 1.84. The highest BCUT2D eigenvalue weighted by Gasteiger charge is 2.08. The van der Waals surface area contributed by atoms with Crippen LogP contribution in [-0.4, -0.2) is 16.5 Å². The molecule has 0 aliphatic heterocycles. The van der Waals surface area contributed by atoms with Crippen LogP contribution in [0.3, 0.4) is 0 Å². The quantitative estimate of drug-likeness (QED) is 0.817. The molecule has 0 aliphatic rings. The SMILES string of the molecule is CCCNc1cc(C(C)C)nc(Cc2cccc(Br)c2)n1. The maximum atomic E-state index is 4.70. The molecule has 0 spiro atoms. The maximum absolute atomic E-state index is 4.70. The lowest BCUT2D eigenvalue weighted by Gasteiger charge is -2.11. The third-order valence-electron chi connectivity index (χ3n) is 3.19. The molecule has 1 heterocycles. The van der Waals surface area contributed by atoms with Crippen LogP contribution in [0.5, 0.6) is 0 Å². The average Bonchev–Trinajstić information content (AvgIpc) is 2.45. The van der Waals surface area contributed by atoms with Crippen LogP contribution in [0.2, 0.25) is 0 Å². The predicted molar refractivity (Wildman–Crippen MR) is 91.8 cm³/mol. The van der Waals surface area contributed by atoms with E-state index >= 15 is 0 Å². The van der Waals surface area contributed by atoms with E-state index in [9.17, 15) is 0 Å². The summed E-state index contributed by atoms with van der Waals surface area (Å²) in [7, 11) is 0. The van der Waals surface area contributed by atoms with E-state index in [4.69, 9.17) is 4.98 Å². The Labute approximate surface area is 135 Å². The Morgan fingerprint density at radius 3 is 2.67 bits per heavy atom. The standard InChI is InChI=1S/C17H22BrN3/c1-4-8-19-16-11-15(12(2)3)20-17(21-16)10-13-6-5-7-14(18)9-13/h5-7,9,11-12H,4,8,10H2,1-3H3,(H,19,20,21). The van der Waals surface area contributed by atoms with Crippen LogP contribution in [-0.2, 0) is 6.42 Å². The summed E-state index contributed by atoms with van der Waals surface area (Å²) in [5.41, 5.74) is 2.31. The molecule has 0 saturated heterocycles. The molecule has 1 aromatic heterocycles. The summed E-state index contributed by atoms with van der Waals surface area (Å²) in [6.45, 7) is 7.41. The normalized spacial score (nSPS) is 10.9. The van der Waals surface area contributed by atoms with E-state index in [1.54, 1.807) is 0 Å². The van der Waals surface area contributed by atoms with E-state index in [2.05, 4.69) is 65.2 Å². The van der Waals surface area contributed by atoms with Gasteiger partial charge >= 0.3 is 0 Å². The lowest BCUT2D eigenvalue weighted by atomic mass is 10.1. The number of nitrogens with zero attached hydrogens (tertiary/aromatic N) is 2. The Balaban J connectivity index is 2.26. The Morgan fingerprint density at radius 2 is 2.00 bits per heavy atom. The van der Waals surface area contributed by atoms with Gasteiger partial charge in [0, 0.05) is 29.2 Å². The van der Waals surface area contributed by atoms with Gasteiger partial charge in [-0.15, -0.1) is 0 Å². The number of benzene rings is 1. The summed E-state index contributed by atoms with van der Waals surface area (Å²) in [5, 5.41) is 3.37. The zero-order valence-electron chi connectivity index (χ0n) is 12.9. The summed E-state index contributed by atoms with van der Waals surface area (Å²) in [4.78, 5) is 9.34. The molecule has 2 rings (SSSR count). The zero-order valence-corrected chi connectivity index (χ0v) is 14.4. The zero-order chi connectivity index (χ0) is 15.2. The fourth-order valence-electron chi connectivity index (χ4n) is 2.07. The lowest BCUT2D eigenvalue weighted by Crippen LogP contribution is -2.08. The second kappa shape index (κ2) is 7.55. The maximum Gasteiger partial charge on any atom is 0.135 e. The van der Waals surface area contributed by atoms with Crippen molar-refractivity contribution in [1.82, 2.24) is 9.97 Å². The van der Waals surface area contributed by atoms with Crippen molar-refractivity contribution in [1.29, 1.82) is 0 Å². The third-order valence-corrected chi connectivity index (χ3v) is 3.68. The van der Waals surface area contributed by atoms with Gasteiger partial charge in [0.05, 0.1) is 0 Å². The number of halogens is 1. The first kappa shape index (κ1) is 16.0. The van der Waals surface area contributed by atoms with Crippen molar-refractivity contribution >= 4 is 21.7 Å². The highest BCUT2D eigenvalue weighted by molar-refractivity contribution is 9.10. The van der Waals surface area contributed by atoms with Crippen molar-refractivity contribution < 1.29 is 0 Å². The molecule has 112 valence electrons. The van der Waals surface area contributed by atoms with Crippen molar-refractivity contribution in [2.45, 2.75) is 39.5 Å². The molecule has 0 aliphatic carbocycles. The van der Waals surface area contributed by atoms with Crippen molar-refractivity contribution in [2.24, 2.45) is 0 Å². The van der Waals surface area contributed by atoms with E-state index in [0.717, 1.165) is 41.2 Å². The van der Waals surface area contributed by atoms with Gasteiger partial charge < -0.3 is 5.32 Å². The van der Waals surface area contributed by atoms with Gasteiger partial charge in [-0.3, -0.25) is 0 Å².